The second-order valence-corrected chi connectivity index (χ2v) is 8.92. The molecule has 174 valence electrons. The number of halogens is 2. The Morgan fingerprint density at radius 2 is 1.25 bits per heavy atom. The maximum absolute atomic E-state index is 5.84. The third-order valence-electron chi connectivity index (χ3n) is 5.93. The molecule has 0 saturated heterocycles. The fourth-order valence-corrected chi connectivity index (χ4v) is 4.69. The predicted molar refractivity (Wildman–Crippen MR) is 149 cm³/mol. The van der Waals surface area contributed by atoms with E-state index in [1.54, 1.807) is 0 Å². The van der Waals surface area contributed by atoms with E-state index >= 15 is 0 Å². The zero-order chi connectivity index (χ0) is 24.5. The Labute approximate surface area is 217 Å². The summed E-state index contributed by atoms with van der Waals surface area (Å²) in [7, 11) is 0. The van der Waals surface area contributed by atoms with E-state index in [9.17, 15) is 0 Å². The smallest absolute Gasteiger partial charge is 0.232 e. The van der Waals surface area contributed by atoms with Crippen LogP contribution in [0.15, 0.2) is 97.1 Å². The molecule has 0 atom stereocenters. The van der Waals surface area contributed by atoms with Crippen LogP contribution >= 0.6 is 23.2 Å². The summed E-state index contributed by atoms with van der Waals surface area (Å²) >= 11 is 11.7. The fraction of sp³-hybridized carbons (Fsp3) is 0. The second-order valence-electron chi connectivity index (χ2n) is 8.24. The van der Waals surface area contributed by atoms with Crippen LogP contribution in [0.25, 0.3) is 39.6 Å². The van der Waals surface area contributed by atoms with Crippen molar-refractivity contribution in [3.8, 4) is 5.69 Å². The highest BCUT2D eigenvalue weighted by Crippen LogP contribution is 2.33. The first-order chi connectivity index (χ1) is 17.6. The van der Waals surface area contributed by atoms with Crippen LogP contribution in [0.2, 0.25) is 10.6 Å². The normalized spacial score (nSPS) is 11.5. The topological polar surface area (TPSA) is 55.6 Å². The minimum Gasteiger partial charge on any atom is -0.324 e. The van der Waals surface area contributed by atoms with Gasteiger partial charge in [0, 0.05) is 22.1 Å². The van der Waals surface area contributed by atoms with Gasteiger partial charge in [0.25, 0.3) is 0 Å². The van der Waals surface area contributed by atoms with Gasteiger partial charge in [-0.15, -0.1) is 0 Å². The molecule has 2 heterocycles. The van der Waals surface area contributed by atoms with Crippen molar-refractivity contribution in [1.29, 1.82) is 0 Å². The lowest BCUT2D eigenvalue weighted by Crippen LogP contribution is -1.99. The van der Waals surface area contributed by atoms with Gasteiger partial charge in [-0.2, -0.15) is 15.0 Å². The Morgan fingerprint density at radius 3 is 2.03 bits per heavy atom. The fourth-order valence-electron chi connectivity index (χ4n) is 4.33. The highest BCUT2D eigenvalue weighted by molar-refractivity contribution is 6.31. The molecule has 1 N–H and O–H groups in total. The van der Waals surface area contributed by atoms with Crippen LogP contribution in [0.4, 0.5) is 11.6 Å². The number of anilines is 2. The number of para-hydroxylation sites is 2. The minimum absolute atomic E-state index is 0.0425. The first-order valence-corrected chi connectivity index (χ1v) is 12.1. The Hall–Kier alpha value is -4.19. The lowest BCUT2D eigenvalue weighted by Gasteiger charge is -2.07. The van der Waals surface area contributed by atoms with E-state index in [1.807, 2.05) is 30.3 Å². The van der Waals surface area contributed by atoms with Crippen molar-refractivity contribution < 1.29 is 0 Å². The summed E-state index contributed by atoms with van der Waals surface area (Å²) in [5.41, 5.74) is 6.56. The van der Waals surface area contributed by atoms with Crippen molar-refractivity contribution in [2.24, 2.45) is 0 Å². The lowest BCUT2D eigenvalue weighted by molar-refractivity contribution is 1.05. The molecule has 0 radical (unpaired) electrons. The van der Waals surface area contributed by atoms with Crippen molar-refractivity contribution in [3.63, 3.8) is 0 Å². The van der Waals surface area contributed by atoms with Gasteiger partial charge in [0.15, 0.2) is 0 Å². The van der Waals surface area contributed by atoms with Crippen LogP contribution in [-0.2, 0) is 0 Å². The molecule has 5 nitrogen and oxygen atoms in total. The van der Waals surface area contributed by atoms with Crippen molar-refractivity contribution in [2.75, 3.05) is 5.32 Å². The summed E-state index contributed by atoms with van der Waals surface area (Å²) in [6.07, 6.45) is 4.22. The second kappa shape index (κ2) is 9.46. The van der Waals surface area contributed by atoms with E-state index in [4.69, 9.17) is 23.2 Å². The van der Waals surface area contributed by atoms with Gasteiger partial charge in [-0.05, 0) is 76.8 Å². The molecule has 0 fully saturated rings. The molecule has 0 saturated carbocycles. The van der Waals surface area contributed by atoms with Crippen molar-refractivity contribution in [3.05, 3.63) is 119 Å². The van der Waals surface area contributed by atoms with Gasteiger partial charge in [-0.3, -0.25) is 0 Å². The van der Waals surface area contributed by atoms with Crippen molar-refractivity contribution in [2.45, 2.75) is 0 Å². The Balaban J connectivity index is 1.29. The number of benzene rings is 4. The molecule has 0 aliphatic rings. The van der Waals surface area contributed by atoms with E-state index in [0.717, 1.165) is 22.5 Å². The number of rotatable bonds is 5. The number of fused-ring (bicyclic) bond motifs is 3. The quantitative estimate of drug-likeness (QED) is 0.239. The molecule has 0 bridgehead atoms. The number of nitrogens with one attached hydrogen (secondary N) is 1. The van der Waals surface area contributed by atoms with Crippen LogP contribution in [0, 0.1) is 0 Å². The number of hydrogen-bond donors (Lipinski definition) is 1. The Morgan fingerprint density at radius 1 is 0.611 bits per heavy atom. The zero-order valence-corrected chi connectivity index (χ0v) is 20.4. The largest absolute Gasteiger partial charge is 0.324 e. The molecule has 2 aromatic heterocycles. The molecule has 0 aliphatic carbocycles. The van der Waals surface area contributed by atoms with E-state index in [2.05, 4.69) is 104 Å². The van der Waals surface area contributed by atoms with Crippen LogP contribution in [0.1, 0.15) is 11.1 Å². The van der Waals surface area contributed by atoms with Gasteiger partial charge < -0.3 is 9.88 Å². The average molecular weight is 508 g/mol. The third-order valence-corrected chi connectivity index (χ3v) is 6.26. The molecule has 4 aromatic carbocycles. The van der Waals surface area contributed by atoms with Crippen LogP contribution in [0.3, 0.4) is 0 Å². The van der Waals surface area contributed by atoms with E-state index in [1.165, 1.54) is 21.8 Å². The first-order valence-electron chi connectivity index (χ1n) is 11.3. The number of hydrogen-bond acceptors (Lipinski definition) is 4. The van der Waals surface area contributed by atoms with Crippen molar-refractivity contribution >= 4 is 68.8 Å². The molecule has 0 aliphatic heterocycles. The summed E-state index contributed by atoms with van der Waals surface area (Å²) in [4.78, 5) is 11.8. The van der Waals surface area contributed by atoms with Gasteiger partial charge in [0.05, 0.1) is 11.0 Å². The van der Waals surface area contributed by atoms with Gasteiger partial charge >= 0.3 is 0 Å². The van der Waals surface area contributed by atoms with Gasteiger partial charge in [-0.1, -0.05) is 66.7 Å². The van der Waals surface area contributed by atoms with E-state index < -0.39 is 0 Å². The molecular weight excluding hydrogens is 489 g/mol. The third kappa shape index (κ3) is 4.42. The van der Waals surface area contributed by atoms with Gasteiger partial charge in [-0.25, -0.2) is 0 Å². The van der Waals surface area contributed by atoms with E-state index in [0.29, 0.717) is 5.95 Å². The van der Waals surface area contributed by atoms with Crippen molar-refractivity contribution in [1.82, 2.24) is 19.5 Å². The monoisotopic (exact) mass is 507 g/mol. The van der Waals surface area contributed by atoms with Crippen LogP contribution in [0.5, 0.6) is 0 Å². The molecule has 0 spiro atoms. The molecular formula is C29H19Cl2N5. The highest BCUT2D eigenvalue weighted by atomic mass is 35.5. The average Bonchev–Trinajstić information content (AvgIpc) is 3.22. The van der Waals surface area contributed by atoms with Gasteiger partial charge in [0.2, 0.25) is 16.5 Å². The zero-order valence-electron chi connectivity index (χ0n) is 18.9. The molecule has 0 amide bonds. The maximum atomic E-state index is 5.84. The molecule has 0 unspecified atom stereocenters. The Kier molecular flexibility index (Phi) is 5.85. The van der Waals surface area contributed by atoms with E-state index in [-0.39, 0.29) is 10.6 Å². The number of aromatic nitrogens is 4. The summed E-state index contributed by atoms with van der Waals surface area (Å²) in [5, 5.41) is 5.63. The highest BCUT2D eigenvalue weighted by Gasteiger charge is 2.11. The van der Waals surface area contributed by atoms with Crippen LogP contribution in [-0.4, -0.2) is 19.5 Å². The Bertz CT molecular complexity index is 1700. The molecule has 36 heavy (non-hydrogen) atoms. The minimum atomic E-state index is 0.0425. The number of nitrogens with zero attached hydrogens (tertiary/aromatic N) is 4. The summed E-state index contributed by atoms with van der Waals surface area (Å²) in [6, 6.07) is 33.5. The first kappa shape index (κ1) is 22.3. The molecule has 6 aromatic rings. The summed E-state index contributed by atoms with van der Waals surface area (Å²) in [6.45, 7) is 0. The lowest BCUT2D eigenvalue weighted by atomic mass is 10.1. The maximum Gasteiger partial charge on any atom is 0.232 e. The van der Waals surface area contributed by atoms with Crippen LogP contribution < -0.4 is 5.32 Å². The standard InChI is InChI=1S/C29H19Cl2N5/c30-27-33-28(31)35-29(34-27)32-21-15-12-19(13-16-21)10-11-20-14-17-26-24(18-20)23-8-4-5-9-25(23)36(26)22-6-2-1-3-7-22/h1-18H,(H,32,33,34,35)/b11-10+. The van der Waals surface area contributed by atoms with Gasteiger partial charge in [0.1, 0.15) is 0 Å². The predicted octanol–water partition coefficient (Wildman–Crippen LogP) is 8.19. The summed E-state index contributed by atoms with van der Waals surface area (Å²) in [5.74, 6) is 0.297. The molecule has 6 rings (SSSR count). The molecule has 7 heteroatoms. The SMILES string of the molecule is Clc1nc(Cl)nc(Nc2ccc(/C=C/c3ccc4c(c3)c3ccccc3n4-c3ccccc3)cc2)n1. The summed E-state index contributed by atoms with van der Waals surface area (Å²) < 4.78 is 2.32.